The third-order valence-electron chi connectivity index (χ3n) is 2.29. The van der Waals surface area contributed by atoms with Crippen LogP contribution in [0.25, 0.3) is 0 Å². The van der Waals surface area contributed by atoms with Gasteiger partial charge in [-0.3, -0.25) is 0 Å². The van der Waals surface area contributed by atoms with Gasteiger partial charge in [0.25, 0.3) is 0 Å². The molecule has 2 N–H and O–H groups in total. The van der Waals surface area contributed by atoms with Gasteiger partial charge in [-0.25, -0.2) is 9.59 Å². The normalized spacial score (nSPS) is 9.69. The monoisotopic (exact) mass is 223 g/mol. The lowest BCUT2D eigenvalue weighted by molar-refractivity contribution is 0.0598. The SMILES string of the molecule is COC(=O)c1ccc(N)c(C(=O)OC)c1C. The Morgan fingerprint density at radius 2 is 1.69 bits per heavy atom. The smallest absolute Gasteiger partial charge is 0.340 e. The van der Waals surface area contributed by atoms with Gasteiger partial charge in [-0.2, -0.15) is 0 Å². The van der Waals surface area contributed by atoms with E-state index in [9.17, 15) is 9.59 Å². The van der Waals surface area contributed by atoms with Gasteiger partial charge < -0.3 is 15.2 Å². The molecule has 0 amide bonds. The van der Waals surface area contributed by atoms with Crippen molar-refractivity contribution in [3.63, 3.8) is 0 Å². The number of benzene rings is 1. The van der Waals surface area contributed by atoms with Gasteiger partial charge in [0, 0.05) is 5.69 Å². The Balaban J connectivity index is 3.38. The third kappa shape index (κ3) is 1.98. The number of carbonyl (C=O) groups is 2. The number of hydrogen-bond acceptors (Lipinski definition) is 5. The van der Waals surface area contributed by atoms with Crippen LogP contribution < -0.4 is 5.73 Å². The zero-order valence-corrected chi connectivity index (χ0v) is 9.37. The second-order valence-corrected chi connectivity index (χ2v) is 3.19. The summed E-state index contributed by atoms with van der Waals surface area (Å²) >= 11 is 0. The largest absolute Gasteiger partial charge is 0.465 e. The first kappa shape index (κ1) is 12.0. The van der Waals surface area contributed by atoms with Crippen molar-refractivity contribution in [3.8, 4) is 0 Å². The van der Waals surface area contributed by atoms with E-state index >= 15 is 0 Å². The molecule has 0 bridgehead atoms. The standard InChI is InChI=1S/C11H13NO4/c1-6-7(10(13)15-2)4-5-8(12)9(6)11(14)16-3/h4-5H,12H2,1-3H3. The highest BCUT2D eigenvalue weighted by Crippen LogP contribution is 2.22. The Morgan fingerprint density at radius 1 is 1.12 bits per heavy atom. The average Bonchev–Trinajstić information content (AvgIpc) is 2.28. The second-order valence-electron chi connectivity index (χ2n) is 3.19. The lowest BCUT2D eigenvalue weighted by atomic mass is 10.0. The van der Waals surface area contributed by atoms with E-state index in [2.05, 4.69) is 9.47 Å². The van der Waals surface area contributed by atoms with Gasteiger partial charge in [0.2, 0.25) is 0 Å². The summed E-state index contributed by atoms with van der Waals surface area (Å²) in [5, 5.41) is 0. The molecule has 0 radical (unpaired) electrons. The predicted octanol–water partition coefficient (Wildman–Crippen LogP) is 1.15. The summed E-state index contributed by atoms with van der Waals surface area (Å²) < 4.78 is 9.19. The van der Waals surface area contributed by atoms with Crippen LogP contribution in [-0.4, -0.2) is 26.2 Å². The van der Waals surface area contributed by atoms with Crippen LogP contribution in [0.1, 0.15) is 26.3 Å². The molecule has 0 saturated carbocycles. The van der Waals surface area contributed by atoms with Gasteiger partial charge in [0.1, 0.15) is 0 Å². The van der Waals surface area contributed by atoms with E-state index in [1.807, 2.05) is 0 Å². The van der Waals surface area contributed by atoms with Crippen molar-refractivity contribution in [2.45, 2.75) is 6.92 Å². The minimum absolute atomic E-state index is 0.199. The van der Waals surface area contributed by atoms with Crippen LogP contribution in [0.5, 0.6) is 0 Å². The zero-order chi connectivity index (χ0) is 12.3. The summed E-state index contributed by atoms with van der Waals surface area (Å²) in [6.07, 6.45) is 0. The average molecular weight is 223 g/mol. The van der Waals surface area contributed by atoms with Gasteiger partial charge >= 0.3 is 11.9 Å². The minimum Gasteiger partial charge on any atom is -0.465 e. The molecule has 0 saturated heterocycles. The van der Waals surface area contributed by atoms with Crippen LogP contribution >= 0.6 is 0 Å². The molecule has 86 valence electrons. The van der Waals surface area contributed by atoms with E-state index in [1.54, 1.807) is 6.92 Å². The first-order valence-corrected chi connectivity index (χ1v) is 4.58. The first-order valence-electron chi connectivity index (χ1n) is 4.58. The van der Waals surface area contributed by atoms with Crippen LogP contribution in [0, 0.1) is 6.92 Å². The molecule has 0 aliphatic rings. The Bertz CT molecular complexity index is 440. The van der Waals surface area contributed by atoms with E-state index < -0.39 is 11.9 Å². The number of anilines is 1. The fourth-order valence-corrected chi connectivity index (χ4v) is 1.44. The number of hydrogen-bond donors (Lipinski definition) is 1. The number of carbonyl (C=O) groups excluding carboxylic acids is 2. The molecule has 0 fully saturated rings. The van der Waals surface area contributed by atoms with Gasteiger partial charge in [-0.15, -0.1) is 0 Å². The lowest BCUT2D eigenvalue weighted by Gasteiger charge is -2.10. The van der Waals surface area contributed by atoms with Crippen LogP contribution in [0.4, 0.5) is 5.69 Å². The van der Waals surface area contributed by atoms with E-state index in [4.69, 9.17) is 5.73 Å². The number of esters is 2. The summed E-state index contributed by atoms with van der Waals surface area (Å²) in [7, 11) is 2.53. The van der Waals surface area contributed by atoms with Crippen molar-refractivity contribution in [2.75, 3.05) is 20.0 Å². The summed E-state index contributed by atoms with van der Waals surface area (Å²) in [5.41, 5.74) is 6.89. The Morgan fingerprint density at radius 3 is 2.19 bits per heavy atom. The number of ether oxygens (including phenoxy) is 2. The molecule has 5 heteroatoms. The number of methoxy groups -OCH3 is 2. The molecule has 5 nitrogen and oxygen atoms in total. The van der Waals surface area contributed by atoms with Crippen LogP contribution in [0.3, 0.4) is 0 Å². The Kier molecular flexibility index (Phi) is 3.50. The molecule has 1 aromatic rings. The second kappa shape index (κ2) is 4.65. The maximum Gasteiger partial charge on any atom is 0.340 e. The van der Waals surface area contributed by atoms with Crippen LogP contribution in [0.2, 0.25) is 0 Å². The molecule has 0 unspecified atom stereocenters. The zero-order valence-electron chi connectivity index (χ0n) is 9.37. The molecule has 0 aliphatic carbocycles. The maximum atomic E-state index is 11.5. The highest BCUT2D eigenvalue weighted by atomic mass is 16.5. The van der Waals surface area contributed by atoms with Crippen molar-refractivity contribution >= 4 is 17.6 Å². The fraction of sp³-hybridized carbons (Fsp3) is 0.273. The van der Waals surface area contributed by atoms with E-state index in [0.29, 0.717) is 11.1 Å². The van der Waals surface area contributed by atoms with E-state index in [-0.39, 0.29) is 11.3 Å². The van der Waals surface area contributed by atoms with Gasteiger partial charge in [0.05, 0.1) is 25.3 Å². The molecule has 1 rings (SSSR count). The number of rotatable bonds is 2. The van der Waals surface area contributed by atoms with Gasteiger partial charge in [-0.1, -0.05) is 0 Å². The summed E-state index contributed by atoms with van der Waals surface area (Å²) in [4.78, 5) is 22.9. The van der Waals surface area contributed by atoms with E-state index in [0.717, 1.165) is 0 Å². The summed E-state index contributed by atoms with van der Waals surface area (Å²) in [6, 6.07) is 2.99. The first-order chi connectivity index (χ1) is 7.52. The molecular formula is C11H13NO4. The van der Waals surface area contributed by atoms with Crippen LogP contribution in [0.15, 0.2) is 12.1 Å². The number of nitrogen functional groups attached to an aromatic ring is 1. The molecule has 0 spiro atoms. The van der Waals surface area contributed by atoms with Crippen molar-refractivity contribution in [1.82, 2.24) is 0 Å². The molecule has 0 aliphatic heterocycles. The molecule has 0 atom stereocenters. The third-order valence-corrected chi connectivity index (χ3v) is 2.29. The predicted molar refractivity (Wildman–Crippen MR) is 58.3 cm³/mol. The van der Waals surface area contributed by atoms with Crippen LogP contribution in [-0.2, 0) is 9.47 Å². The van der Waals surface area contributed by atoms with Crippen molar-refractivity contribution in [3.05, 3.63) is 28.8 Å². The summed E-state index contributed by atoms with van der Waals surface area (Å²) in [5.74, 6) is -1.08. The molecule has 1 aromatic carbocycles. The lowest BCUT2D eigenvalue weighted by Crippen LogP contribution is -2.13. The maximum absolute atomic E-state index is 11.5. The minimum atomic E-state index is -0.569. The summed E-state index contributed by atoms with van der Waals surface area (Å²) in [6.45, 7) is 1.62. The fourth-order valence-electron chi connectivity index (χ4n) is 1.44. The number of nitrogens with two attached hydrogens (primary N) is 1. The molecular weight excluding hydrogens is 210 g/mol. The van der Waals surface area contributed by atoms with Crippen molar-refractivity contribution < 1.29 is 19.1 Å². The highest BCUT2D eigenvalue weighted by molar-refractivity contribution is 6.01. The molecule has 0 heterocycles. The topological polar surface area (TPSA) is 78.6 Å². The van der Waals surface area contributed by atoms with Crippen molar-refractivity contribution in [1.29, 1.82) is 0 Å². The molecule has 16 heavy (non-hydrogen) atoms. The highest BCUT2D eigenvalue weighted by Gasteiger charge is 2.19. The molecule has 0 aromatic heterocycles. The van der Waals surface area contributed by atoms with E-state index in [1.165, 1.54) is 26.4 Å². The van der Waals surface area contributed by atoms with Gasteiger partial charge in [0.15, 0.2) is 0 Å². The van der Waals surface area contributed by atoms with Crippen molar-refractivity contribution in [2.24, 2.45) is 0 Å². The Hall–Kier alpha value is -2.04. The Labute approximate surface area is 93.1 Å². The quantitative estimate of drug-likeness (QED) is 0.601. The van der Waals surface area contributed by atoms with Gasteiger partial charge in [-0.05, 0) is 24.6 Å².